The van der Waals surface area contributed by atoms with E-state index in [-0.39, 0.29) is 16.5 Å². The number of unbranched alkanes of at least 4 members (excludes halogenated alkanes) is 6. The summed E-state index contributed by atoms with van der Waals surface area (Å²) in [6.45, 7) is 8.62. The Bertz CT molecular complexity index is 1340. The summed E-state index contributed by atoms with van der Waals surface area (Å²) in [4.78, 5) is 0. The van der Waals surface area contributed by atoms with Gasteiger partial charge in [0.25, 0.3) is 0 Å². The summed E-state index contributed by atoms with van der Waals surface area (Å²) in [6, 6.07) is 38.9. The molecule has 0 atom stereocenters. The molecule has 0 N–H and O–H groups in total. The fourth-order valence-electron chi connectivity index (χ4n) is 5.09. The first-order chi connectivity index (χ1) is 21.5. The van der Waals surface area contributed by atoms with Gasteiger partial charge in [-0.2, -0.15) is 71.8 Å². The number of benzene rings is 4. The normalized spacial score (nSPS) is 11.7. The Morgan fingerprint density at radius 1 is 0.556 bits per heavy atom. The molecule has 4 aromatic rings. The van der Waals surface area contributed by atoms with E-state index in [1.54, 1.807) is 0 Å². The number of hydrogen-bond donors (Lipinski definition) is 0. The van der Waals surface area contributed by atoms with Crippen LogP contribution < -0.4 is 0 Å². The molecule has 0 radical (unpaired) electrons. The summed E-state index contributed by atoms with van der Waals surface area (Å²) in [5.74, 6) is 0. The van der Waals surface area contributed by atoms with Gasteiger partial charge in [0.15, 0.2) is 0 Å². The predicted molar refractivity (Wildman–Crippen MR) is 188 cm³/mol. The number of hydrogen-bond acceptors (Lipinski definition) is 0. The van der Waals surface area contributed by atoms with Crippen molar-refractivity contribution < 1.29 is 21.2 Å². The van der Waals surface area contributed by atoms with Gasteiger partial charge in [0.2, 0.25) is 11.4 Å². The molecule has 45 heavy (non-hydrogen) atoms. The average Bonchev–Trinajstić information content (AvgIpc) is 3.44. The van der Waals surface area contributed by atoms with Crippen molar-refractivity contribution in [3.8, 4) is 0 Å². The third-order valence-corrected chi connectivity index (χ3v) is 7.71. The molecule has 4 aromatic carbocycles. The minimum atomic E-state index is 0. The largest absolute Gasteiger partial charge is 2.00 e. The molecule has 0 aliphatic carbocycles. The van der Waals surface area contributed by atoms with Crippen molar-refractivity contribution in [2.45, 2.75) is 91.9 Å². The van der Waals surface area contributed by atoms with Crippen LogP contribution in [-0.4, -0.2) is 4.70 Å². The molecular formula is C42H50N2Ni. The van der Waals surface area contributed by atoms with Gasteiger partial charge >= 0.3 is 16.5 Å². The Morgan fingerprint density at radius 2 is 0.956 bits per heavy atom. The number of allylic oxidation sites excluding steroid dienone is 2. The van der Waals surface area contributed by atoms with E-state index in [2.05, 4.69) is 88.4 Å². The Labute approximate surface area is 283 Å². The predicted octanol–water partition coefficient (Wildman–Crippen LogP) is 11.9. The zero-order chi connectivity index (χ0) is 31.4. The second-order valence-electron chi connectivity index (χ2n) is 11.6. The Morgan fingerprint density at radius 3 is 1.29 bits per heavy atom. The molecule has 0 spiro atoms. The fraction of sp³-hybridized carbons (Fsp3) is 0.333. The zero-order valence-corrected chi connectivity index (χ0v) is 28.7. The van der Waals surface area contributed by atoms with Crippen molar-refractivity contribution in [1.82, 2.24) is 0 Å². The van der Waals surface area contributed by atoms with Gasteiger partial charge in [-0.15, -0.1) is 0 Å². The fourth-order valence-corrected chi connectivity index (χ4v) is 5.09. The summed E-state index contributed by atoms with van der Waals surface area (Å²) < 4.78 is 1.35. The molecule has 1 heterocycles. The number of nitrogens with zero attached hydrogens (tertiary/aromatic N) is 2. The summed E-state index contributed by atoms with van der Waals surface area (Å²) in [5, 5.41) is 0. The first kappa shape index (κ1) is 37.6. The third kappa shape index (κ3) is 14.0. The number of aryl methyl sites for hydroxylation is 4. The van der Waals surface area contributed by atoms with E-state index in [4.69, 9.17) is 0 Å². The molecule has 1 aliphatic rings. The second kappa shape index (κ2) is 22.0. The Kier molecular flexibility index (Phi) is 18.4. The Hall–Kier alpha value is -3.55. The van der Waals surface area contributed by atoms with Crippen LogP contribution in [0.25, 0.3) is 16.9 Å². The molecule has 0 saturated carbocycles. The van der Waals surface area contributed by atoms with Crippen LogP contribution in [0.15, 0.2) is 109 Å². The maximum absolute atomic E-state index is 10.9. The maximum Gasteiger partial charge on any atom is 2.00 e. The SMILES string of the molecule is CCCCCCc1cccc(C2=CC=C(c3cccc(CCCCCC)c3)[N+]2=[N-])c1.Cc1cc[c-]cc1.Cc1cc[c-]cc1.[Ni+2]. The van der Waals surface area contributed by atoms with Crippen molar-refractivity contribution in [3.05, 3.63) is 160 Å². The van der Waals surface area contributed by atoms with Crippen LogP contribution in [0.5, 0.6) is 0 Å². The average molecular weight is 642 g/mol. The molecule has 0 amide bonds. The zero-order valence-electron chi connectivity index (χ0n) is 27.7. The van der Waals surface area contributed by atoms with Crippen molar-refractivity contribution in [3.63, 3.8) is 0 Å². The van der Waals surface area contributed by atoms with Gasteiger partial charge in [-0.25, -0.2) is 4.70 Å². The molecular weight excluding hydrogens is 591 g/mol. The molecule has 0 saturated heterocycles. The Balaban J connectivity index is 0.000000384. The van der Waals surface area contributed by atoms with E-state index >= 15 is 0 Å². The van der Waals surface area contributed by atoms with E-state index in [1.165, 1.54) is 78.3 Å². The first-order valence-electron chi connectivity index (χ1n) is 16.5. The van der Waals surface area contributed by atoms with Crippen LogP contribution in [0.2, 0.25) is 0 Å². The van der Waals surface area contributed by atoms with E-state index < -0.39 is 0 Å². The smallest absolute Gasteiger partial charge is 0.493 e. The number of rotatable bonds is 12. The molecule has 0 unspecified atom stereocenters. The van der Waals surface area contributed by atoms with E-state index in [9.17, 15) is 5.53 Å². The monoisotopic (exact) mass is 640 g/mol. The van der Waals surface area contributed by atoms with Gasteiger partial charge in [0, 0.05) is 23.3 Å². The quantitative estimate of drug-likeness (QED) is 0.0637. The first-order valence-corrected chi connectivity index (χ1v) is 16.5. The standard InChI is InChI=1S/C28H36N2.2C7H7.Ni/c1-3-5-7-9-13-23-15-11-17-25(21-23)27-19-20-28(30(27)29)26-18-12-16-24(22-26)14-10-8-6-4-2;2*1-7-5-3-2-4-6-7;/h11-12,15-22H,3-10,13-14H2,1-2H3;2*3-6H,1H3;/q;2*-1;+2. The van der Waals surface area contributed by atoms with Gasteiger partial charge in [-0.3, -0.25) is 0 Å². The van der Waals surface area contributed by atoms with Crippen LogP contribution in [0.3, 0.4) is 0 Å². The van der Waals surface area contributed by atoms with Gasteiger partial charge in [0.05, 0.1) is 0 Å². The molecule has 2 nitrogen and oxygen atoms in total. The van der Waals surface area contributed by atoms with Gasteiger partial charge in [-0.1, -0.05) is 90.5 Å². The van der Waals surface area contributed by atoms with Crippen molar-refractivity contribution in [1.29, 1.82) is 0 Å². The molecule has 3 heteroatoms. The maximum atomic E-state index is 10.9. The summed E-state index contributed by atoms with van der Waals surface area (Å²) in [7, 11) is 0. The molecule has 5 rings (SSSR count). The van der Waals surface area contributed by atoms with Gasteiger partial charge in [-0.05, 0) is 61.1 Å². The minimum Gasteiger partial charge on any atom is -0.493 e. The molecule has 1 aliphatic heterocycles. The van der Waals surface area contributed by atoms with Crippen molar-refractivity contribution >= 4 is 11.4 Å². The topological polar surface area (TPSA) is 25.3 Å². The van der Waals surface area contributed by atoms with Crippen LogP contribution in [0.4, 0.5) is 0 Å². The van der Waals surface area contributed by atoms with E-state index in [0.29, 0.717) is 0 Å². The summed E-state index contributed by atoms with van der Waals surface area (Å²) in [6.07, 6.45) is 16.4. The third-order valence-electron chi connectivity index (χ3n) is 7.71. The molecule has 0 fully saturated rings. The van der Waals surface area contributed by atoms with E-state index in [1.807, 2.05) is 60.7 Å². The van der Waals surface area contributed by atoms with Gasteiger partial charge in [0.1, 0.15) is 0 Å². The van der Waals surface area contributed by atoms with Crippen LogP contribution in [0, 0.1) is 26.0 Å². The van der Waals surface area contributed by atoms with Gasteiger partial charge < -0.3 is 5.53 Å². The van der Waals surface area contributed by atoms with Crippen LogP contribution in [0.1, 0.15) is 98.6 Å². The van der Waals surface area contributed by atoms with Crippen molar-refractivity contribution in [2.24, 2.45) is 0 Å². The summed E-state index contributed by atoms with van der Waals surface area (Å²) in [5.41, 5.74) is 20.1. The van der Waals surface area contributed by atoms with Crippen LogP contribution >= 0.6 is 0 Å². The van der Waals surface area contributed by atoms with Crippen LogP contribution in [-0.2, 0) is 29.3 Å². The van der Waals surface area contributed by atoms with Crippen molar-refractivity contribution in [2.75, 3.05) is 0 Å². The minimum absolute atomic E-state index is 0. The molecule has 0 bridgehead atoms. The molecule has 0 aromatic heterocycles. The van der Waals surface area contributed by atoms with E-state index in [0.717, 1.165) is 35.4 Å². The summed E-state index contributed by atoms with van der Waals surface area (Å²) >= 11 is 0. The molecule has 238 valence electrons. The second-order valence-corrected chi connectivity index (χ2v) is 11.6.